The second-order valence-corrected chi connectivity index (χ2v) is 7.36. The first-order valence-corrected chi connectivity index (χ1v) is 8.41. The van der Waals surface area contributed by atoms with Crippen LogP contribution in [0.15, 0.2) is 24.3 Å². The number of hydrogen-bond donors (Lipinski definition) is 1. The maximum atomic E-state index is 12.5. The Hall–Kier alpha value is -1.86. The highest BCUT2D eigenvalue weighted by Gasteiger charge is 2.25. The third-order valence-corrected chi connectivity index (χ3v) is 4.43. The van der Waals surface area contributed by atoms with Crippen molar-refractivity contribution >= 4 is 11.6 Å². The Balaban J connectivity index is 1.92. The van der Waals surface area contributed by atoms with Crippen LogP contribution in [-0.2, 0) is 10.2 Å². The molecule has 1 fully saturated rings. The smallest absolute Gasteiger partial charge is 0.228 e. The van der Waals surface area contributed by atoms with Crippen LogP contribution in [-0.4, -0.2) is 30.4 Å². The summed E-state index contributed by atoms with van der Waals surface area (Å²) in [4.78, 5) is 14.7. The molecule has 1 saturated heterocycles. The number of benzene rings is 1. The maximum Gasteiger partial charge on any atom is 0.228 e. The normalized spacial score (nSPS) is 19.1. The summed E-state index contributed by atoms with van der Waals surface area (Å²) in [5.74, 6) is 0.111. The van der Waals surface area contributed by atoms with Crippen LogP contribution in [0.5, 0.6) is 0 Å². The lowest BCUT2D eigenvalue weighted by atomic mass is 9.87. The summed E-state index contributed by atoms with van der Waals surface area (Å²) in [5, 5.41) is 11.7. The van der Waals surface area contributed by atoms with Crippen LogP contribution in [0.4, 0.5) is 5.69 Å². The molecule has 1 heterocycles. The van der Waals surface area contributed by atoms with Crippen LogP contribution in [0.25, 0.3) is 0 Å². The second kappa shape index (κ2) is 7.61. The first-order chi connectivity index (χ1) is 10.9. The van der Waals surface area contributed by atoms with Crippen molar-refractivity contribution in [3.8, 4) is 6.07 Å². The van der Waals surface area contributed by atoms with Crippen molar-refractivity contribution in [2.45, 2.75) is 45.4 Å². The van der Waals surface area contributed by atoms with Gasteiger partial charge in [-0.1, -0.05) is 32.9 Å². The molecule has 0 saturated carbocycles. The lowest BCUT2D eigenvalue weighted by molar-refractivity contribution is -0.121. The van der Waals surface area contributed by atoms with Gasteiger partial charge in [0, 0.05) is 25.2 Å². The van der Waals surface area contributed by atoms with E-state index < -0.39 is 0 Å². The van der Waals surface area contributed by atoms with Crippen molar-refractivity contribution in [1.82, 2.24) is 4.90 Å². The van der Waals surface area contributed by atoms with E-state index in [1.807, 2.05) is 12.1 Å². The fraction of sp³-hybridized carbons (Fsp3) is 0.579. The van der Waals surface area contributed by atoms with Gasteiger partial charge in [0.15, 0.2) is 0 Å². The van der Waals surface area contributed by atoms with Gasteiger partial charge in [0.25, 0.3) is 0 Å². The van der Waals surface area contributed by atoms with E-state index in [4.69, 9.17) is 5.26 Å². The quantitative estimate of drug-likeness (QED) is 0.925. The molecule has 1 aromatic rings. The van der Waals surface area contributed by atoms with Crippen molar-refractivity contribution in [3.05, 3.63) is 29.8 Å². The average Bonchev–Trinajstić information content (AvgIpc) is 2.53. The zero-order valence-corrected chi connectivity index (χ0v) is 14.4. The summed E-state index contributed by atoms with van der Waals surface area (Å²) in [6.07, 6.45) is 2.48. The molecule has 1 atom stereocenters. The van der Waals surface area contributed by atoms with Gasteiger partial charge < -0.3 is 10.2 Å². The number of anilines is 1. The number of likely N-dealkylation sites (tertiary alicyclic amines) is 1. The van der Waals surface area contributed by atoms with Gasteiger partial charge in [-0.3, -0.25) is 4.79 Å². The molecule has 1 N–H and O–H groups in total. The summed E-state index contributed by atoms with van der Waals surface area (Å²) < 4.78 is 0. The molecule has 2 rings (SSSR count). The van der Waals surface area contributed by atoms with Gasteiger partial charge in [0.05, 0.1) is 12.0 Å². The SMILES string of the molecule is CC(C)(C)c1ccc(NC(=O)C2CCCN(CCC#N)C2)cc1. The van der Waals surface area contributed by atoms with Gasteiger partial charge in [0.1, 0.15) is 0 Å². The Morgan fingerprint density at radius 2 is 2.04 bits per heavy atom. The van der Waals surface area contributed by atoms with Gasteiger partial charge >= 0.3 is 0 Å². The molecule has 0 aromatic heterocycles. The van der Waals surface area contributed by atoms with Crippen molar-refractivity contribution < 1.29 is 4.79 Å². The zero-order chi connectivity index (χ0) is 16.9. The molecule has 1 aromatic carbocycles. The van der Waals surface area contributed by atoms with Crippen molar-refractivity contribution in [2.75, 3.05) is 25.0 Å². The number of rotatable bonds is 4. The fourth-order valence-corrected chi connectivity index (χ4v) is 2.98. The number of amides is 1. The van der Waals surface area contributed by atoms with Crippen LogP contribution in [0.3, 0.4) is 0 Å². The molecule has 1 unspecified atom stereocenters. The van der Waals surface area contributed by atoms with E-state index in [2.05, 4.69) is 49.2 Å². The Bertz CT molecular complexity index is 566. The minimum Gasteiger partial charge on any atom is -0.326 e. The van der Waals surface area contributed by atoms with Crippen LogP contribution in [0, 0.1) is 17.2 Å². The molecule has 4 nitrogen and oxygen atoms in total. The number of carbonyl (C=O) groups is 1. The number of hydrogen-bond acceptors (Lipinski definition) is 3. The van der Waals surface area contributed by atoms with Gasteiger partial charge in [0.2, 0.25) is 5.91 Å². The third-order valence-electron chi connectivity index (χ3n) is 4.43. The van der Waals surface area contributed by atoms with Gasteiger partial charge in [-0.15, -0.1) is 0 Å². The molecule has 0 radical (unpaired) electrons. The van der Waals surface area contributed by atoms with Crippen LogP contribution in [0.1, 0.15) is 45.6 Å². The third kappa shape index (κ3) is 5.07. The number of piperidine rings is 1. The molecular formula is C19H27N3O. The molecule has 1 aliphatic heterocycles. The summed E-state index contributed by atoms with van der Waals surface area (Å²) in [5.41, 5.74) is 2.24. The van der Waals surface area contributed by atoms with E-state index in [1.54, 1.807) is 0 Å². The fourth-order valence-electron chi connectivity index (χ4n) is 2.98. The minimum absolute atomic E-state index is 0.0183. The molecule has 4 heteroatoms. The summed E-state index contributed by atoms with van der Waals surface area (Å²) in [6.45, 7) is 9.05. The molecule has 124 valence electrons. The van der Waals surface area contributed by atoms with Crippen LogP contribution in [0.2, 0.25) is 0 Å². The summed E-state index contributed by atoms with van der Waals surface area (Å²) in [7, 11) is 0. The zero-order valence-electron chi connectivity index (χ0n) is 14.4. The van der Waals surface area contributed by atoms with E-state index in [9.17, 15) is 4.79 Å². The largest absolute Gasteiger partial charge is 0.326 e. The molecule has 1 aliphatic rings. The van der Waals surface area contributed by atoms with Crippen molar-refractivity contribution in [1.29, 1.82) is 5.26 Å². The van der Waals surface area contributed by atoms with E-state index in [1.165, 1.54) is 5.56 Å². The number of nitrogens with one attached hydrogen (secondary N) is 1. The number of carbonyl (C=O) groups excluding carboxylic acids is 1. The minimum atomic E-state index is 0.0183. The lowest BCUT2D eigenvalue weighted by Crippen LogP contribution is -2.41. The Labute approximate surface area is 139 Å². The molecule has 0 aliphatic carbocycles. The Kier molecular flexibility index (Phi) is 5.79. The lowest BCUT2D eigenvalue weighted by Gasteiger charge is -2.31. The highest BCUT2D eigenvalue weighted by atomic mass is 16.1. The Morgan fingerprint density at radius 1 is 1.35 bits per heavy atom. The average molecular weight is 313 g/mol. The van der Waals surface area contributed by atoms with E-state index in [0.717, 1.165) is 38.2 Å². The monoisotopic (exact) mass is 313 g/mol. The highest BCUT2D eigenvalue weighted by Crippen LogP contribution is 2.24. The molecular weight excluding hydrogens is 286 g/mol. The summed E-state index contributed by atoms with van der Waals surface area (Å²) in [6, 6.07) is 10.3. The number of nitrogens with zero attached hydrogens (tertiary/aromatic N) is 2. The molecule has 1 amide bonds. The predicted molar refractivity (Wildman–Crippen MR) is 93.2 cm³/mol. The first kappa shape index (κ1) is 17.5. The van der Waals surface area contributed by atoms with E-state index in [0.29, 0.717) is 6.42 Å². The predicted octanol–water partition coefficient (Wildman–Crippen LogP) is 3.55. The van der Waals surface area contributed by atoms with E-state index >= 15 is 0 Å². The molecule has 23 heavy (non-hydrogen) atoms. The van der Waals surface area contributed by atoms with Gasteiger partial charge in [-0.2, -0.15) is 5.26 Å². The van der Waals surface area contributed by atoms with Crippen molar-refractivity contribution in [2.24, 2.45) is 5.92 Å². The molecule has 0 spiro atoms. The van der Waals surface area contributed by atoms with E-state index in [-0.39, 0.29) is 17.2 Å². The van der Waals surface area contributed by atoms with Crippen molar-refractivity contribution in [3.63, 3.8) is 0 Å². The topological polar surface area (TPSA) is 56.1 Å². The maximum absolute atomic E-state index is 12.5. The van der Waals surface area contributed by atoms with Crippen LogP contribution < -0.4 is 5.32 Å². The first-order valence-electron chi connectivity index (χ1n) is 8.41. The standard InChI is InChI=1S/C19H27N3O/c1-19(2,3)16-7-9-17(10-8-16)21-18(23)15-6-4-12-22(14-15)13-5-11-20/h7-10,15H,4-6,12-14H2,1-3H3,(H,21,23). The van der Waals surface area contributed by atoms with Crippen LogP contribution >= 0.6 is 0 Å². The Morgan fingerprint density at radius 3 is 2.65 bits per heavy atom. The number of nitriles is 1. The summed E-state index contributed by atoms with van der Waals surface area (Å²) >= 11 is 0. The van der Waals surface area contributed by atoms with Gasteiger partial charge in [-0.05, 0) is 42.5 Å². The molecule has 0 bridgehead atoms. The highest BCUT2D eigenvalue weighted by molar-refractivity contribution is 5.92. The van der Waals surface area contributed by atoms with Gasteiger partial charge in [-0.25, -0.2) is 0 Å². The second-order valence-electron chi connectivity index (χ2n) is 7.36.